The Balaban J connectivity index is 0.000000236. The third kappa shape index (κ3) is 18.9. The number of benzene rings is 4. The number of rotatable bonds is 21. The van der Waals surface area contributed by atoms with Crippen molar-refractivity contribution in [1.82, 2.24) is 25.1 Å². The van der Waals surface area contributed by atoms with Crippen molar-refractivity contribution in [3.8, 4) is 11.8 Å². The number of carboxylic acid groups (broad SMARTS) is 1. The fraction of sp³-hybridized carbons (Fsp3) is 0.458. The van der Waals surface area contributed by atoms with Gasteiger partial charge in [0.1, 0.15) is 17.7 Å². The lowest BCUT2D eigenvalue weighted by atomic mass is 10.00. The van der Waals surface area contributed by atoms with Gasteiger partial charge in [0.15, 0.2) is 0 Å². The highest BCUT2D eigenvalue weighted by atomic mass is 19.3. The Kier molecular flexibility index (Phi) is 23.2. The van der Waals surface area contributed by atoms with Crippen LogP contribution in [0.1, 0.15) is 108 Å². The number of amides is 1. The molecule has 2 aromatic heterocycles. The summed E-state index contributed by atoms with van der Waals surface area (Å²) in [6.07, 6.45) is 4.03. The number of nitrogens with two attached hydrogens (primary N) is 1. The number of aliphatic hydroxyl groups is 2. The van der Waals surface area contributed by atoms with Gasteiger partial charge >= 0.3 is 17.8 Å². The normalized spacial score (nSPS) is 15.6. The lowest BCUT2D eigenvalue weighted by molar-refractivity contribution is -0.165. The number of carboxylic acids is 1. The molecule has 0 saturated carbocycles. The molecule has 0 unspecified atom stereocenters. The number of carbonyl (C=O) groups excluding carboxylic acids is 1. The molecule has 8 rings (SSSR count). The molecule has 0 bridgehead atoms. The molecule has 19 heteroatoms. The minimum Gasteiger partial charge on any atom is -0.477 e. The first-order valence-corrected chi connectivity index (χ1v) is 26.0. The molecule has 4 heterocycles. The van der Waals surface area contributed by atoms with Gasteiger partial charge in [0.25, 0.3) is 5.91 Å². The summed E-state index contributed by atoms with van der Waals surface area (Å²) in [5.41, 5.74) is 8.54. The zero-order valence-electron chi connectivity index (χ0n) is 43.9. The molecule has 424 valence electrons. The summed E-state index contributed by atoms with van der Waals surface area (Å²) < 4.78 is 93.5. The predicted molar refractivity (Wildman–Crippen MR) is 290 cm³/mol. The lowest BCUT2D eigenvalue weighted by Crippen LogP contribution is -2.51. The SMILES string of the molecule is C.CC(C)Oc1cc([C@@H](O)[C@@H](CN2CCCC2)NC(=O)C(F)(F)CCc2ccc3cc(F)ccc3c2)ccn1.CC(C)Oc1cc([C@@H](O)[C@H](N)CN2CCCC2)ccn1.O=C(O)C(F)(F)CCc1ccc2cc(F)ccc2c1. The molecule has 2 saturated heterocycles. The molecule has 2 aliphatic heterocycles. The van der Waals surface area contributed by atoms with E-state index in [4.69, 9.17) is 20.3 Å². The number of aromatic nitrogens is 2. The number of pyridine rings is 2. The second-order valence-electron chi connectivity index (χ2n) is 20.2. The number of carbonyl (C=O) groups is 2. The largest absolute Gasteiger partial charge is 0.477 e. The number of nitrogens with one attached hydrogen (secondary N) is 1. The maximum Gasteiger partial charge on any atom is 0.374 e. The number of ether oxygens (including phenoxy) is 2. The maximum atomic E-state index is 15.0. The van der Waals surface area contributed by atoms with Gasteiger partial charge in [-0.3, -0.25) is 4.79 Å². The Labute approximate surface area is 452 Å². The Bertz CT molecular complexity index is 2870. The van der Waals surface area contributed by atoms with E-state index < -0.39 is 54.8 Å². The molecule has 1 amide bonds. The number of aliphatic carboxylic acids is 1. The fourth-order valence-electron chi connectivity index (χ4n) is 9.08. The van der Waals surface area contributed by atoms with Crippen molar-refractivity contribution >= 4 is 33.4 Å². The molecule has 78 heavy (non-hydrogen) atoms. The van der Waals surface area contributed by atoms with E-state index in [-0.39, 0.29) is 56.7 Å². The molecule has 2 aliphatic rings. The summed E-state index contributed by atoms with van der Waals surface area (Å²) in [7, 11) is 0. The number of hydrogen-bond acceptors (Lipinski definition) is 11. The minimum atomic E-state index is -3.72. The highest BCUT2D eigenvalue weighted by Gasteiger charge is 2.41. The quantitative estimate of drug-likeness (QED) is 0.0431. The smallest absolute Gasteiger partial charge is 0.374 e. The maximum absolute atomic E-state index is 15.0. The second-order valence-corrected chi connectivity index (χ2v) is 20.2. The number of likely N-dealkylation sites (tertiary alicyclic amines) is 2. The number of aliphatic hydroxyl groups excluding tert-OH is 2. The Morgan fingerprint density at radius 1 is 0.615 bits per heavy atom. The number of fused-ring (bicyclic) bond motifs is 2. The van der Waals surface area contributed by atoms with Crippen LogP contribution in [0.3, 0.4) is 0 Å². The van der Waals surface area contributed by atoms with E-state index in [0.717, 1.165) is 61.9 Å². The Morgan fingerprint density at radius 2 is 1.03 bits per heavy atom. The van der Waals surface area contributed by atoms with E-state index >= 15 is 8.78 Å². The monoisotopic (exact) mass is 1090 g/mol. The summed E-state index contributed by atoms with van der Waals surface area (Å²) in [5, 5.41) is 35.1. The molecule has 6 aromatic rings. The first-order valence-electron chi connectivity index (χ1n) is 26.0. The average Bonchev–Trinajstić information content (AvgIpc) is 4.13. The summed E-state index contributed by atoms with van der Waals surface area (Å²) in [5.74, 6) is -10.8. The molecule has 13 nitrogen and oxygen atoms in total. The number of aryl methyl sites for hydroxylation is 2. The summed E-state index contributed by atoms with van der Waals surface area (Å²) in [4.78, 5) is 35.7. The first kappa shape index (κ1) is 62.5. The van der Waals surface area contributed by atoms with Crippen LogP contribution in [0.4, 0.5) is 26.3 Å². The Morgan fingerprint density at radius 3 is 1.47 bits per heavy atom. The third-order valence-corrected chi connectivity index (χ3v) is 13.2. The van der Waals surface area contributed by atoms with Crippen LogP contribution in [-0.4, -0.2) is 122 Å². The molecule has 4 atom stereocenters. The Hall–Kier alpha value is -6.38. The molecule has 0 aliphatic carbocycles. The number of hydrogen-bond donors (Lipinski definition) is 5. The van der Waals surface area contributed by atoms with Crippen LogP contribution in [0.2, 0.25) is 0 Å². The number of halogens is 6. The number of alkyl halides is 4. The summed E-state index contributed by atoms with van der Waals surface area (Å²) in [6, 6.07) is 23.9. The van der Waals surface area contributed by atoms with Gasteiger partial charge in [-0.05, 0) is 173 Å². The van der Waals surface area contributed by atoms with Crippen molar-refractivity contribution in [2.75, 3.05) is 39.3 Å². The van der Waals surface area contributed by atoms with Gasteiger partial charge in [-0.1, -0.05) is 56.0 Å². The van der Waals surface area contributed by atoms with Gasteiger partial charge in [0.05, 0.1) is 24.4 Å². The molecule has 4 aromatic carbocycles. The van der Waals surface area contributed by atoms with Crippen LogP contribution >= 0.6 is 0 Å². The van der Waals surface area contributed by atoms with Gasteiger partial charge in [0.2, 0.25) is 11.8 Å². The molecule has 0 spiro atoms. The molecule has 0 radical (unpaired) electrons. The van der Waals surface area contributed by atoms with E-state index in [0.29, 0.717) is 39.2 Å². The van der Waals surface area contributed by atoms with Crippen molar-refractivity contribution in [2.24, 2.45) is 5.73 Å². The fourth-order valence-corrected chi connectivity index (χ4v) is 9.08. The van der Waals surface area contributed by atoms with Gasteiger partial charge < -0.3 is 45.6 Å². The van der Waals surface area contributed by atoms with E-state index in [1.54, 1.807) is 79.0 Å². The van der Waals surface area contributed by atoms with Gasteiger partial charge in [0, 0.05) is 56.5 Å². The lowest BCUT2D eigenvalue weighted by Gasteiger charge is -2.30. The van der Waals surface area contributed by atoms with E-state index in [1.807, 2.05) is 27.7 Å². The van der Waals surface area contributed by atoms with Crippen molar-refractivity contribution in [2.45, 2.75) is 135 Å². The van der Waals surface area contributed by atoms with Crippen molar-refractivity contribution in [3.63, 3.8) is 0 Å². The first-order chi connectivity index (χ1) is 36.5. The zero-order chi connectivity index (χ0) is 55.9. The molecular weight excluding hydrogens is 1020 g/mol. The summed E-state index contributed by atoms with van der Waals surface area (Å²) >= 11 is 0. The molecule has 6 N–H and O–H groups in total. The van der Waals surface area contributed by atoms with Gasteiger partial charge in [-0.15, -0.1) is 0 Å². The molecular formula is C59H74F6N6O7. The van der Waals surface area contributed by atoms with Crippen LogP contribution in [0.15, 0.2) is 109 Å². The standard InChI is InChI=1S/C29H34F3N3O3.C15H25N3O2.C14H11F3O2.CH4/c1-19(2)38-26-17-23(10-12-33-26)27(36)25(18-35-13-3-4-14-35)34-28(37)29(31,32)11-9-20-5-6-22-16-24(30)8-7-21(22)15-20;1-11(2)20-14-9-12(5-6-17-14)15(19)13(16)10-18-7-3-4-8-18;15-12-4-3-10-7-9(1-2-11(10)8-12)5-6-14(16,17)13(18)19;/h5-8,10,12,15-17,19,25,27,36H,3-4,9,11,13-14,18H2,1-2H3,(H,34,37);5-6,9,11,13,15,19H,3-4,7-8,10,16H2,1-2H3;1-4,7-8H,5-6H2,(H,18,19);1H4/t25-,27-;13-,15-;;/m11../s1. The van der Waals surface area contributed by atoms with Crippen LogP contribution in [0, 0.1) is 11.6 Å². The van der Waals surface area contributed by atoms with Crippen LogP contribution in [0.25, 0.3) is 21.5 Å². The van der Waals surface area contributed by atoms with Crippen LogP contribution in [-0.2, 0) is 22.4 Å². The highest BCUT2D eigenvalue weighted by molar-refractivity contribution is 5.85. The average molecular weight is 1090 g/mol. The van der Waals surface area contributed by atoms with Crippen molar-refractivity contribution in [1.29, 1.82) is 0 Å². The van der Waals surface area contributed by atoms with E-state index in [1.165, 1.54) is 43.3 Å². The van der Waals surface area contributed by atoms with Crippen LogP contribution in [0.5, 0.6) is 11.8 Å². The van der Waals surface area contributed by atoms with Gasteiger partial charge in [-0.2, -0.15) is 17.6 Å². The zero-order valence-corrected chi connectivity index (χ0v) is 43.9. The topological polar surface area (TPSA) is 184 Å². The minimum absolute atomic E-state index is 0. The van der Waals surface area contributed by atoms with Crippen molar-refractivity contribution in [3.05, 3.63) is 143 Å². The summed E-state index contributed by atoms with van der Waals surface area (Å²) in [6.45, 7) is 12.3. The number of nitrogens with zero attached hydrogens (tertiary/aromatic N) is 4. The predicted octanol–water partition coefficient (Wildman–Crippen LogP) is 10.6. The van der Waals surface area contributed by atoms with Crippen molar-refractivity contribution < 1.29 is 60.7 Å². The van der Waals surface area contributed by atoms with Crippen LogP contribution < -0.4 is 20.5 Å². The third-order valence-electron chi connectivity index (χ3n) is 13.2. The highest BCUT2D eigenvalue weighted by Crippen LogP contribution is 2.29. The second kappa shape index (κ2) is 29.0. The van der Waals surface area contributed by atoms with Gasteiger partial charge in [-0.25, -0.2) is 23.5 Å². The molecule has 2 fully saturated rings. The van der Waals surface area contributed by atoms with E-state index in [2.05, 4.69) is 25.1 Å². The van der Waals surface area contributed by atoms with E-state index in [9.17, 15) is 37.4 Å².